The molecule has 2 aromatic heterocycles. The van der Waals surface area contributed by atoms with Gasteiger partial charge in [0, 0.05) is 12.6 Å². The van der Waals surface area contributed by atoms with Crippen molar-refractivity contribution in [3.05, 3.63) is 34.3 Å². The molecule has 0 spiro atoms. The molecular formula is C11H14BrN3. The third-order valence-corrected chi connectivity index (χ3v) is 3.06. The Labute approximate surface area is 97.4 Å². The molecule has 0 amide bonds. The number of nitrogens with two attached hydrogens (primary N) is 1. The normalized spacial score (nSPS) is 11.1. The Morgan fingerprint density at radius 2 is 2.27 bits per heavy atom. The maximum atomic E-state index is 5.55. The van der Waals surface area contributed by atoms with Gasteiger partial charge in [-0.2, -0.15) is 0 Å². The van der Waals surface area contributed by atoms with E-state index in [1.54, 1.807) is 0 Å². The summed E-state index contributed by atoms with van der Waals surface area (Å²) < 4.78 is 3.05. The van der Waals surface area contributed by atoms with Crippen molar-refractivity contribution in [2.75, 3.05) is 6.54 Å². The zero-order chi connectivity index (χ0) is 10.8. The highest BCUT2D eigenvalue weighted by molar-refractivity contribution is 9.10. The SMILES string of the molecule is CCc1nc(Br)c2ccc(CCN)cn12. The number of aromatic nitrogens is 2. The molecule has 2 N–H and O–H groups in total. The van der Waals surface area contributed by atoms with E-state index in [9.17, 15) is 0 Å². The minimum atomic E-state index is 0.683. The predicted octanol–water partition coefficient (Wildman–Crippen LogP) is 2.16. The van der Waals surface area contributed by atoms with Gasteiger partial charge in [0.1, 0.15) is 10.4 Å². The van der Waals surface area contributed by atoms with E-state index in [1.165, 1.54) is 5.56 Å². The number of nitrogens with zero attached hydrogens (tertiary/aromatic N) is 2. The van der Waals surface area contributed by atoms with Crippen LogP contribution >= 0.6 is 15.9 Å². The van der Waals surface area contributed by atoms with Crippen LogP contribution in [0.3, 0.4) is 0 Å². The summed E-state index contributed by atoms with van der Waals surface area (Å²) in [4.78, 5) is 4.46. The van der Waals surface area contributed by atoms with Crippen LogP contribution in [0.25, 0.3) is 5.52 Å². The number of imidazole rings is 1. The molecule has 0 aliphatic heterocycles. The molecule has 3 nitrogen and oxygen atoms in total. The lowest BCUT2D eigenvalue weighted by Crippen LogP contribution is -2.04. The van der Waals surface area contributed by atoms with E-state index >= 15 is 0 Å². The van der Waals surface area contributed by atoms with E-state index in [0.29, 0.717) is 6.54 Å². The molecule has 0 aromatic carbocycles. The van der Waals surface area contributed by atoms with Gasteiger partial charge in [-0.1, -0.05) is 13.0 Å². The minimum absolute atomic E-state index is 0.683. The van der Waals surface area contributed by atoms with Gasteiger partial charge in [-0.15, -0.1) is 0 Å². The third kappa shape index (κ3) is 1.92. The van der Waals surface area contributed by atoms with Crippen LogP contribution in [-0.4, -0.2) is 15.9 Å². The zero-order valence-electron chi connectivity index (χ0n) is 8.70. The first-order chi connectivity index (χ1) is 7.26. The van der Waals surface area contributed by atoms with Gasteiger partial charge in [0.2, 0.25) is 0 Å². The number of pyridine rings is 1. The fourth-order valence-corrected chi connectivity index (χ4v) is 2.24. The van der Waals surface area contributed by atoms with Crippen molar-refractivity contribution < 1.29 is 0 Å². The van der Waals surface area contributed by atoms with Gasteiger partial charge >= 0.3 is 0 Å². The monoisotopic (exact) mass is 267 g/mol. The van der Waals surface area contributed by atoms with Crippen LogP contribution in [0, 0.1) is 0 Å². The highest BCUT2D eigenvalue weighted by Crippen LogP contribution is 2.20. The van der Waals surface area contributed by atoms with Gasteiger partial charge in [0.15, 0.2) is 0 Å². The van der Waals surface area contributed by atoms with Crippen LogP contribution in [0.4, 0.5) is 0 Å². The van der Waals surface area contributed by atoms with Crippen LogP contribution in [0.2, 0.25) is 0 Å². The first-order valence-electron chi connectivity index (χ1n) is 5.11. The second kappa shape index (κ2) is 4.33. The summed E-state index contributed by atoms with van der Waals surface area (Å²) in [6, 6.07) is 4.19. The highest BCUT2D eigenvalue weighted by atomic mass is 79.9. The summed E-state index contributed by atoms with van der Waals surface area (Å²) in [7, 11) is 0. The quantitative estimate of drug-likeness (QED) is 0.927. The van der Waals surface area contributed by atoms with Gasteiger partial charge in [-0.05, 0) is 40.5 Å². The summed E-state index contributed by atoms with van der Waals surface area (Å²) in [5.41, 5.74) is 7.92. The molecule has 80 valence electrons. The third-order valence-electron chi connectivity index (χ3n) is 2.48. The smallest absolute Gasteiger partial charge is 0.132 e. The lowest BCUT2D eigenvalue weighted by molar-refractivity contribution is 0.903. The van der Waals surface area contributed by atoms with E-state index in [2.05, 4.69) is 50.6 Å². The van der Waals surface area contributed by atoms with Crippen molar-refractivity contribution in [1.82, 2.24) is 9.38 Å². The summed E-state index contributed by atoms with van der Waals surface area (Å²) in [5, 5.41) is 0. The number of fused-ring (bicyclic) bond motifs is 1. The molecule has 0 saturated heterocycles. The molecule has 15 heavy (non-hydrogen) atoms. The van der Waals surface area contributed by atoms with E-state index in [0.717, 1.165) is 28.8 Å². The molecule has 0 atom stereocenters. The highest BCUT2D eigenvalue weighted by Gasteiger charge is 2.07. The fraction of sp³-hybridized carbons (Fsp3) is 0.364. The molecule has 2 heterocycles. The molecule has 0 radical (unpaired) electrons. The lowest BCUT2D eigenvalue weighted by Gasteiger charge is -2.02. The van der Waals surface area contributed by atoms with Crippen molar-refractivity contribution in [1.29, 1.82) is 0 Å². The summed E-state index contributed by atoms with van der Waals surface area (Å²) >= 11 is 3.47. The zero-order valence-corrected chi connectivity index (χ0v) is 10.3. The van der Waals surface area contributed by atoms with Gasteiger partial charge in [-0.25, -0.2) is 4.98 Å². The minimum Gasteiger partial charge on any atom is -0.330 e. The maximum Gasteiger partial charge on any atom is 0.132 e. The Morgan fingerprint density at radius 1 is 1.47 bits per heavy atom. The van der Waals surface area contributed by atoms with Crippen LogP contribution in [0.15, 0.2) is 22.9 Å². The summed E-state index contributed by atoms with van der Waals surface area (Å²) in [6.07, 6.45) is 3.96. The maximum absolute atomic E-state index is 5.55. The van der Waals surface area contributed by atoms with Crippen LogP contribution in [0.5, 0.6) is 0 Å². The van der Waals surface area contributed by atoms with Gasteiger partial charge < -0.3 is 10.1 Å². The van der Waals surface area contributed by atoms with Crippen molar-refractivity contribution in [3.63, 3.8) is 0 Å². The Kier molecular flexibility index (Phi) is 3.07. The lowest BCUT2D eigenvalue weighted by atomic mass is 10.2. The Hall–Kier alpha value is -0.870. The average Bonchev–Trinajstić information content (AvgIpc) is 2.56. The molecule has 0 fully saturated rings. The molecule has 0 unspecified atom stereocenters. The van der Waals surface area contributed by atoms with Gasteiger partial charge in [-0.3, -0.25) is 0 Å². The Bertz CT molecular complexity index is 476. The molecule has 0 aliphatic rings. The van der Waals surface area contributed by atoms with Crippen molar-refractivity contribution in [3.8, 4) is 0 Å². The van der Waals surface area contributed by atoms with Crippen molar-refractivity contribution in [2.24, 2.45) is 5.73 Å². The first kappa shape index (κ1) is 10.6. The van der Waals surface area contributed by atoms with E-state index < -0.39 is 0 Å². The number of hydrogen-bond acceptors (Lipinski definition) is 2. The number of rotatable bonds is 3. The van der Waals surface area contributed by atoms with Crippen molar-refractivity contribution >= 4 is 21.4 Å². The molecular weight excluding hydrogens is 254 g/mol. The van der Waals surface area contributed by atoms with E-state index in [1.807, 2.05) is 0 Å². The first-order valence-corrected chi connectivity index (χ1v) is 5.91. The number of aryl methyl sites for hydroxylation is 1. The van der Waals surface area contributed by atoms with E-state index in [4.69, 9.17) is 5.73 Å². The van der Waals surface area contributed by atoms with Crippen LogP contribution < -0.4 is 5.73 Å². The van der Waals surface area contributed by atoms with Crippen molar-refractivity contribution in [2.45, 2.75) is 19.8 Å². The Morgan fingerprint density at radius 3 is 2.93 bits per heavy atom. The van der Waals surface area contributed by atoms with Gasteiger partial charge in [0.25, 0.3) is 0 Å². The topological polar surface area (TPSA) is 43.3 Å². The molecule has 2 aromatic rings. The van der Waals surface area contributed by atoms with Gasteiger partial charge in [0.05, 0.1) is 5.52 Å². The Balaban J connectivity index is 2.58. The van der Waals surface area contributed by atoms with Crippen LogP contribution in [0.1, 0.15) is 18.3 Å². The second-order valence-corrected chi connectivity index (χ2v) is 4.25. The molecule has 0 saturated carbocycles. The number of halogens is 1. The molecule has 0 bridgehead atoms. The number of hydrogen-bond donors (Lipinski definition) is 1. The second-order valence-electron chi connectivity index (χ2n) is 3.50. The average molecular weight is 268 g/mol. The van der Waals surface area contributed by atoms with Crippen LogP contribution in [-0.2, 0) is 12.8 Å². The van der Waals surface area contributed by atoms with E-state index in [-0.39, 0.29) is 0 Å². The summed E-state index contributed by atoms with van der Waals surface area (Å²) in [5.74, 6) is 1.08. The molecule has 0 aliphatic carbocycles. The predicted molar refractivity (Wildman–Crippen MR) is 65.0 cm³/mol. The fourth-order valence-electron chi connectivity index (χ4n) is 1.71. The molecule has 2 rings (SSSR count). The standard InChI is InChI=1S/C11H14BrN3/c1-2-10-14-11(12)9-4-3-8(5-6-13)7-15(9)10/h3-4,7H,2,5-6,13H2,1H3. The largest absolute Gasteiger partial charge is 0.330 e. The molecule has 4 heteroatoms. The summed E-state index contributed by atoms with van der Waals surface area (Å²) in [6.45, 7) is 2.79.